The van der Waals surface area contributed by atoms with Crippen LogP contribution in [0.2, 0.25) is 0 Å². The summed E-state index contributed by atoms with van der Waals surface area (Å²) in [6, 6.07) is -0.149. The number of aryl methyl sites for hydroxylation is 1. The lowest BCUT2D eigenvalue weighted by Crippen LogP contribution is -2.47. The van der Waals surface area contributed by atoms with Crippen LogP contribution < -0.4 is 0 Å². The third-order valence-corrected chi connectivity index (χ3v) is 3.97. The number of amides is 1. The Morgan fingerprint density at radius 2 is 2.22 bits per heavy atom. The SMILES string of the molecule is Cc1noc([C@@H]2[C@@H](C)OCCN2C(=O)c2cn(C(C)C)cn2)n1. The largest absolute Gasteiger partial charge is 0.374 e. The topological polar surface area (TPSA) is 86.3 Å². The second-order valence-corrected chi connectivity index (χ2v) is 6.00. The van der Waals surface area contributed by atoms with Gasteiger partial charge in [0.25, 0.3) is 11.8 Å². The van der Waals surface area contributed by atoms with E-state index in [-0.39, 0.29) is 18.1 Å². The van der Waals surface area contributed by atoms with Gasteiger partial charge in [-0.15, -0.1) is 0 Å². The molecule has 23 heavy (non-hydrogen) atoms. The van der Waals surface area contributed by atoms with E-state index in [1.807, 2.05) is 25.3 Å². The lowest BCUT2D eigenvalue weighted by Gasteiger charge is -2.37. The molecule has 1 amide bonds. The summed E-state index contributed by atoms with van der Waals surface area (Å²) in [4.78, 5) is 23.1. The molecule has 1 aliphatic heterocycles. The molecule has 1 aliphatic rings. The van der Waals surface area contributed by atoms with Crippen LogP contribution in [0.15, 0.2) is 17.0 Å². The normalized spacial score (nSPS) is 21.9. The molecule has 1 saturated heterocycles. The summed E-state index contributed by atoms with van der Waals surface area (Å²) in [5.41, 5.74) is 0.411. The molecule has 0 saturated carbocycles. The summed E-state index contributed by atoms with van der Waals surface area (Å²) in [7, 11) is 0. The molecule has 0 aliphatic carbocycles. The van der Waals surface area contributed by atoms with E-state index in [0.717, 1.165) is 0 Å². The van der Waals surface area contributed by atoms with Crippen molar-refractivity contribution in [2.75, 3.05) is 13.2 Å². The molecular weight excluding hydrogens is 298 g/mol. The third-order valence-electron chi connectivity index (χ3n) is 3.97. The molecule has 0 unspecified atom stereocenters. The van der Waals surface area contributed by atoms with Gasteiger partial charge in [0.05, 0.1) is 19.0 Å². The molecule has 3 heterocycles. The van der Waals surface area contributed by atoms with Crippen LogP contribution in [0.4, 0.5) is 0 Å². The van der Waals surface area contributed by atoms with Crippen molar-refractivity contribution in [3.05, 3.63) is 29.9 Å². The lowest BCUT2D eigenvalue weighted by molar-refractivity contribution is -0.0602. The van der Waals surface area contributed by atoms with Crippen LogP contribution in [-0.4, -0.2) is 49.8 Å². The standard InChI is InChI=1S/C15H21N5O3/c1-9(2)19-7-12(16-8-19)15(21)20-5-6-22-10(3)13(20)14-17-11(4)18-23-14/h7-10,13H,5-6H2,1-4H3/t10-,13+/m1/s1. The zero-order valence-electron chi connectivity index (χ0n) is 13.8. The monoisotopic (exact) mass is 319 g/mol. The van der Waals surface area contributed by atoms with E-state index in [1.165, 1.54) is 0 Å². The van der Waals surface area contributed by atoms with Crippen LogP contribution in [0.3, 0.4) is 0 Å². The van der Waals surface area contributed by atoms with Crippen molar-refractivity contribution in [2.24, 2.45) is 0 Å². The number of hydrogen-bond donors (Lipinski definition) is 0. The number of imidazole rings is 1. The minimum Gasteiger partial charge on any atom is -0.374 e. The maximum Gasteiger partial charge on any atom is 0.274 e. The second kappa shape index (κ2) is 6.11. The molecule has 2 atom stereocenters. The summed E-state index contributed by atoms with van der Waals surface area (Å²) < 4.78 is 12.8. The van der Waals surface area contributed by atoms with Crippen molar-refractivity contribution in [1.29, 1.82) is 0 Å². The Hall–Kier alpha value is -2.22. The summed E-state index contributed by atoms with van der Waals surface area (Å²) in [6.07, 6.45) is 3.22. The summed E-state index contributed by atoms with van der Waals surface area (Å²) >= 11 is 0. The predicted octanol–water partition coefficient (Wildman–Crippen LogP) is 1.76. The molecule has 3 rings (SSSR count). The predicted molar refractivity (Wildman–Crippen MR) is 80.8 cm³/mol. The van der Waals surface area contributed by atoms with Crippen LogP contribution in [-0.2, 0) is 4.74 Å². The third kappa shape index (κ3) is 2.98. The summed E-state index contributed by atoms with van der Waals surface area (Å²) in [5.74, 6) is 0.779. The second-order valence-electron chi connectivity index (χ2n) is 6.00. The van der Waals surface area contributed by atoms with Crippen molar-refractivity contribution in [2.45, 2.75) is 45.9 Å². The first-order valence-corrected chi connectivity index (χ1v) is 7.73. The van der Waals surface area contributed by atoms with E-state index in [9.17, 15) is 4.79 Å². The molecule has 1 fully saturated rings. The van der Waals surface area contributed by atoms with Crippen molar-refractivity contribution < 1.29 is 14.1 Å². The Kier molecular flexibility index (Phi) is 4.16. The number of morpholine rings is 1. The maximum absolute atomic E-state index is 12.9. The minimum absolute atomic E-state index is 0.152. The van der Waals surface area contributed by atoms with Gasteiger partial charge in [0.15, 0.2) is 5.82 Å². The van der Waals surface area contributed by atoms with Gasteiger partial charge in [-0.05, 0) is 27.7 Å². The smallest absolute Gasteiger partial charge is 0.274 e. The van der Waals surface area contributed by atoms with E-state index in [2.05, 4.69) is 15.1 Å². The zero-order chi connectivity index (χ0) is 16.6. The highest BCUT2D eigenvalue weighted by Crippen LogP contribution is 2.29. The highest BCUT2D eigenvalue weighted by atomic mass is 16.5. The number of ether oxygens (including phenoxy) is 1. The Morgan fingerprint density at radius 1 is 1.43 bits per heavy atom. The Morgan fingerprint density at radius 3 is 2.83 bits per heavy atom. The lowest BCUT2D eigenvalue weighted by atomic mass is 10.1. The minimum atomic E-state index is -0.401. The Bertz CT molecular complexity index is 693. The first-order chi connectivity index (χ1) is 11.0. The van der Waals surface area contributed by atoms with Crippen LogP contribution in [0.25, 0.3) is 0 Å². The number of carbonyl (C=O) groups excluding carboxylic acids is 1. The van der Waals surface area contributed by atoms with E-state index in [0.29, 0.717) is 30.6 Å². The van der Waals surface area contributed by atoms with Gasteiger partial charge < -0.3 is 18.7 Å². The van der Waals surface area contributed by atoms with Gasteiger partial charge >= 0.3 is 0 Å². The molecule has 8 nitrogen and oxygen atoms in total. The molecule has 124 valence electrons. The quantitative estimate of drug-likeness (QED) is 0.857. The van der Waals surface area contributed by atoms with Crippen LogP contribution in [0.1, 0.15) is 55.1 Å². The van der Waals surface area contributed by atoms with Crippen LogP contribution in [0.5, 0.6) is 0 Å². The average Bonchev–Trinajstić information content (AvgIpc) is 3.15. The number of aromatic nitrogens is 4. The van der Waals surface area contributed by atoms with Crippen LogP contribution >= 0.6 is 0 Å². The molecule has 0 N–H and O–H groups in total. The fraction of sp³-hybridized carbons (Fsp3) is 0.600. The van der Waals surface area contributed by atoms with Gasteiger partial charge in [-0.3, -0.25) is 4.79 Å². The van der Waals surface area contributed by atoms with E-state index in [4.69, 9.17) is 9.26 Å². The molecule has 0 aromatic carbocycles. The fourth-order valence-corrected chi connectivity index (χ4v) is 2.69. The number of rotatable bonds is 3. The van der Waals surface area contributed by atoms with Gasteiger partial charge in [-0.2, -0.15) is 4.98 Å². The summed E-state index contributed by atoms with van der Waals surface area (Å²) in [6.45, 7) is 8.66. The van der Waals surface area contributed by atoms with Crippen molar-refractivity contribution in [3.8, 4) is 0 Å². The van der Waals surface area contributed by atoms with Gasteiger partial charge in [-0.25, -0.2) is 4.98 Å². The first kappa shape index (κ1) is 15.7. The Labute approximate surface area is 134 Å². The highest BCUT2D eigenvalue weighted by Gasteiger charge is 2.38. The van der Waals surface area contributed by atoms with E-state index >= 15 is 0 Å². The zero-order valence-corrected chi connectivity index (χ0v) is 13.8. The average molecular weight is 319 g/mol. The van der Waals surface area contributed by atoms with Gasteiger partial charge in [0.2, 0.25) is 0 Å². The molecule has 2 aromatic heterocycles. The number of carbonyl (C=O) groups is 1. The molecule has 0 spiro atoms. The van der Waals surface area contributed by atoms with Crippen molar-refractivity contribution in [3.63, 3.8) is 0 Å². The van der Waals surface area contributed by atoms with Crippen molar-refractivity contribution >= 4 is 5.91 Å². The molecule has 0 bridgehead atoms. The number of hydrogen-bond acceptors (Lipinski definition) is 6. The maximum atomic E-state index is 12.9. The highest BCUT2D eigenvalue weighted by molar-refractivity contribution is 5.92. The number of nitrogens with zero attached hydrogens (tertiary/aromatic N) is 5. The van der Waals surface area contributed by atoms with E-state index in [1.54, 1.807) is 24.3 Å². The van der Waals surface area contributed by atoms with Gasteiger partial charge in [0, 0.05) is 18.8 Å². The van der Waals surface area contributed by atoms with Gasteiger partial charge in [-0.1, -0.05) is 5.16 Å². The molecular formula is C15H21N5O3. The first-order valence-electron chi connectivity index (χ1n) is 7.73. The molecule has 8 heteroatoms. The molecule has 0 radical (unpaired) electrons. The Balaban J connectivity index is 1.89. The van der Waals surface area contributed by atoms with Crippen molar-refractivity contribution in [1.82, 2.24) is 24.6 Å². The molecule has 2 aromatic rings. The van der Waals surface area contributed by atoms with Crippen LogP contribution in [0, 0.1) is 6.92 Å². The fourth-order valence-electron chi connectivity index (χ4n) is 2.69. The van der Waals surface area contributed by atoms with E-state index < -0.39 is 6.04 Å². The summed E-state index contributed by atoms with van der Waals surface area (Å²) in [5, 5.41) is 3.82. The van der Waals surface area contributed by atoms with Gasteiger partial charge in [0.1, 0.15) is 11.7 Å².